The van der Waals surface area contributed by atoms with Crippen LogP contribution in [0.4, 0.5) is 5.88 Å². The summed E-state index contributed by atoms with van der Waals surface area (Å²) in [6, 6.07) is 8.06. The van der Waals surface area contributed by atoms with Gasteiger partial charge in [-0.05, 0) is 6.07 Å². The first-order valence-electron chi connectivity index (χ1n) is 3.56. The minimum absolute atomic E-state index is 0. The van der Waals surface area contributed by atoms with E-state index in [2.05, 4.69) is 5.32 Å². The number of halogens is 1. The van der Waals surface area contributed by atoms with Crippen molar-refractivity contribution in [2.75, 3.05) is 12.4 Å². The molecule has 2 nitrogen and oxygen atoms in total. The van der Waals surface area contributed by atoms with E-state index in [4.69, 9.17) is 4.42 Å². The normalized spacial score (nSPS) is 9.42. The molecule has 1 heterocycles. The molecule has 0 atom stereocenters. The monoisotopic (exact) mass is 183 g/mol. The third kappa shape index (κ3) is 1.25. The lowest BCUT2D eigenvalue weighted by Gasteiger charge is -1.92. The highest BCUT2D eigenvalue weighted by molar-refractivity contribution is 5.91. The van der Waals surface area contributed by atoms with Crippen LogP contribution < -0.4 is 5.32 Å². The molecule has 2 rings (SSSR count). The Morgan fingerprint density at radius 1 is 1.25 bits per heavy atom. The van der Waals surface area contributed by atoms with Crippen LogP contribution in [0.2, 0.25) is 0 Å². The summed E-state index contributed by atoms with van der Waals surface area (Å²) >= 11 is 0. The second-order valence-corrected chi connectivity index (χ2v) is 2.40. The third-order valence-electron chi connectivity index (χ3n) is 1.74. The second-order valence-electron chi connectivity index (χ2n) is 2.40. The lowest BCUT2D eigenvalue weighted by molar-refractivity contribution is 0.588. The van der Waals surface area contributed by atoms with Crippen molar-refractivity contribution in [1.82, 2.24) is 0 Å². The number of furan rings is 1. The average molecular weight is 184 g/mol. The van der Waals surface area contributed by atoms with Gasteiger partial charge in [0.1, 0.15) is 6.26 Å². The molecule has 0 aliphatic carbocycles. The fraction of sp³-hybridized carbons (Fsp3) is 0.111. The Hall–Kier alpha value is -1.15. The largest absolute Gasteiger partial charge is 0.448 e. The molecular formula is C9H10ClNO. The third-order valence-corrected chi connectivity index (χ3v) is 1.74. The fourth-order valence-electron chi connectivity index (χ4n) is 1.19. The molecule has 0 amide bonds. The van der Waals surface area contributed by atoms with Crippen molar-refractivity contribution >= 4 is 29.1 Å². The molecule has 0 bridgehead atoms. The first-order chi connectivity index (χ1) is 5.42. The van der Waals surface area contributed by atoms with Crippen molar-refractivity contribution in [2.24, 2.45) is 0 Å². The van der Waals surface area contributed by atoms with Crippen molar-refractivity contribution < 1.29 is 4.42 Å². The van der Waals surface area contributed by atoms with Crippen LogP contribution in [0.1, 0.15) is 0 Å². The number of anilines is 1. The molecule has 0 saturated carbocycles. The molecule has 12 heavy (non-hydrogen) atoms. The maximum Gasteiger partial charge on any atom is 0.200 e. The van der Waals surface area contributed by atoms with Gasteiger partial charge in [-0.2, -0.15) is 0 Å². The van der Waals surface area contributed by atoms with Gasteiger partial charge in [0.15, 0.2) is 5.88 Å². The van der Waals surface area contributed by atoms with Crippen LogP contribution in [0.5, 0.6) is 0 Å². The Kier molecular flexibility index (Phi) is 2.61. The van der Waals surface area contributed by atoms with Crippen LogP contribution in [0, 0.1) is 0 Å². The molecule has 0 spiro atoms. The molecule has 3 heteroatoms. The van der Waals surface area contributed by atoms with Crippen LogP contribution in [0.3, 0.4) is 0 Å². The van der Waals surface area contributed by atoms with Gasteiger partial charge in [0.25, 0.3) is 0 Å². The van der Waals surface area contributed by atoms with E-state index in [-0.39, 0.29) is 12.4 Å². The van der Waals surface area contributed by atoms with Gasteiger partial charge in [-0.1, -0.05) is 18.2 Å². The minimum atomic E-state index is 0. The van der Waals surface area contributed by atoms with Gasteiger partial charge in [-0.3, -0.25) is 0 Å². The summed E-state index contributed by atoms with van der Waals surface area (Å²) in [5.74, 6) is 0.834. The summed E-state index contributed by atoms with van der Waals surface area (Å²) in [5.41, 5.74) is 0. The maximum absolute atomic E-state index is 5.25. The first kappa shape index (κ1) is 8.94. The van der Waals surface area contributed by atoms with E-state index in [9.17, 15) is 0 Å². The van der Waals surface area contributed by atoms with Crippen molar-refractivity contribution in [3.05, 3.63) is 30.5 Å². The Bertz CT molecular complexity index is 369. The summed E-state index contributed by atoms with van der Waals surface area (Å²) in [6.45, 7) is 0. The van der Waals surface area contributed by atoms with Gasteiger partial charge >= 0.3 is 0 Å². The molecule has 0 fully saturated rings. The number of benzene rings is 1. The quantitative estimate of drug-likeness (QED) is 0.736. The zero-order chi connectivity index (χ0) is 7.68. The van der Waals surface area contributed by atoms with Gasteiger partial charge in [-0.25, -0.2) is 0 Å². The lowest BCUT2D eigenvalue weighted by Crippen LogP contribution is -1.83. The zero-order valence-electron chi connectivity index (χ0n) is 6.70. The predicted molar refractivity (Wildman–Crippen MR) is 53.0 cm³/mol. The smallest absolute Gasteiger partial charge is 0.200 e. The minimum Gasteiger partial charge on any atom is -0.448 e. The SMILES string of the molecule is CNc1occ2ccccc12.Cl. The summed E-state index contributed by atoms with van der Waals surface area (Å²) in [4.78, 5) is 0. The molecule has 0 radical (unpaired) electrons. The summed E-state index contributed by atoms with van der Waals surface area (Å²) in [6.07, 6.45) is 1.75. The van der Waals surface area contributed by atoms with Crippen molar-refractivity contribution in [3.8, 4) is 0 Å². The fourth-order valence-corrected chi connectivity index (χ4v) is 1.19. The maximum atomic E-state index is 5.25. The standard InChI is InChI=1S/C9H9NO.ClH/c1-10-9-8-5-3-2-4-7(8)6-11-9;/h2-6,10H,1H3;1H. The highest BCUT2D eigenvalue weighted by atomic mass is 35.5. The van der Waals surface area contributed by atoms with Gasteiger partial charge in [0.05, 0.1) is 0 Å². The van der Waals surface area contributed by atoms with Gasteiger partial charge in [0, 0.05) is 17.8 Å². The van der Waals surface area contributed by atoms with Crippen molar-refractivity contribution in [3.63, 3.8) is 0 Å². The molecule has 0 saturated heterocycles. The summed E-state index contributed by atoms with van der Waals surface area (Å²) in [7, 11) is 1.85. The van der Waals surface area contributed by atoms with E-state index in [0.29, 0.717) is 0 Å². The van der Waals surface area contributed by atoms with E-state index in [0.717, 1.165) is 16.7 Å². The highest BCUT2D eigenvalue weighted by Gasteiger charge is 2.00. The van der Waals surface area contributed by atoms with Crippen molar-refractivity contribution in [2.45, 2.75) is 0 Å². The Balaban J connectivity index is 0.000000720. The van der Waals surface area contributed by atoms with E-state index in [1.54, 1.807) is 6.26 Å². The second kappa shape index (κ2) is 3.50. The Morgan fingerprint density at radius 3 is 2.75 bits per heavy atom. The van der Waals surface area contributed by atoms with Crippen molar-refractivity contribution in [1.29, 1.82) is 0 Å². The molecule has 1 N–H and O–H groups in total. The number of hydrogen-bond acceptors (Lipinski definition) is 2. The van der Waals surface area contributed by atoms with Crippen LogP contribution in [0.15, 0.2) is 34.9 Å². The zero-order valence-corrected chi connectivity index (χ0v) is 7.52. The van der Waals surface area contributed by atoms with E-state index in [1.807, 2.05) is 31.3 Å². The molecule has 1 aromatic carbocycles. The van der Waals surface area contributed by atoms with E-state index in [1.165, 1.54) is 0 Å². The highest BCUT2D eigenvalue weighted by Crippen LogP contribution is 2.24. The topological polar surface area (TPSA) is 25.2 Å². The Morgan fingerprint density at radius 2 is 2.00 bits per heavy atom. The summed E-state index contributed by atoms with van der Waals surface area (Å²) in [5, 5.41) is 5.25. The lowest BCUT2D eigenvalue weighted by atomic mass is 10.2. The molecule has 0 aliphatic rings. The van der Waals surface area contributed by atoms with Gasteiger partial charge < -0.3 is 9.73 Å². The molecule has 1 aromatic heterocycles. The van der Waals surface area contributed by atoms with E-state index >= 15 is 0 Å². The summed E-state index contributed by atoms with van der Waals surface area (Å²) < 4.78 is 5.25. The van der Waals surface area contributed by atoms with Crippen LogP contribution in [-0.2, 0) is 0 Å². The molecule has 64 valence electrons. The number of rotatable bonds is 1. The van der Waals surface area contributed by atoms with Crippen LogP contribution in [0.25, 0.3) is 10.8 Å². The predicted octanol–water partition coefficient (Wildman–Crippen LogP) is 2.90. The van der Waals surface area contributed by atoms with Gasteiger partial charge in [0.2, 0.25) is 0 Å². The molecule has 0 aliphatic heterocycles. The number of hydrogen-bond donors (Lipinski definition) is 1. The van der Waals surface area contributed by atoms with Crippen LogP contribution in [-0.4, -0.2) is 7.05 Å². The molecule has 0 unspecified atom stereocenters. The number of nitrogens with one attached hydrogen (secondary N) is 1. The Labute approximate surface area is 77.0 Å². The first-order valence-corrected chi connectivity index (χ1v) is 3.56. The number of fused-ring (bicyclic) bond motifs is 1. The van der Waals surface area contributed by atoms with Crippen LogP contribution >= 0.6 is 12.4 Å². The molecule has 2 aromatic rings. The van der Waals surface area contributed by atoms with E-state index < -0.39 is 0 Å². The average Bonchev–Trinajstić information content (AvgIpc) is 2.47. The molecular weight excluding hydrogens is 174 g/mol. The van der Waals surface area contributed by atoms with Gasteiger partial charge in [-0.15, -0.1) is 12.4 Å².